The number of nitrogen functional groups attached to an aromatic ring is 1. The van der Waals surface area contributed by atoms with E-state index in [9.17, 15) is 13.6 Å². The summed E-state index contributed by atoms with van der Waals surface area (Å²) in [6.45, 7) is 1.47. The van der Waals surface area contributed by atoms with E-state index in [2.05, 4.69) is 0 Å². The highest BCUT2D eigenvalue weighted by atomic mass is 19.1. The van der Waals surface area contributed by atoms with E-state index in [0.717, 1.165) is 6.07 Å². The van der Waals surface area contributed by atoms with Crippen LogP contribution in [-0.2, 0) is 11.2 Å². The number of ketones is 1. The van der Waals surface area contributed by atoms with Crippen molar-refractivity contribution in [3.8, 4) is 11.1 Å². The standard InChI is InChI=1S/C15H13F2NO/c1-9(19)4-10-5-11(7-13(18)6-10)14-3-2-12(16)8-15(14)17/h2-3,5-8H,4,18H2,1H3. The molecule has 98 valence electrons. The van der Waals surface area contributed by atoms with E-state index in [-0.39, 0.29) is 17.8 Å². The molecule has 2 N–H and O–H groups in total. The molecule has 0 radical (unpaired) electrons. The molecule has 0 heterocycles. The van der Waals surface area contributed by atoms with E-state index in [1.165, 1.54) is 19.1 Å². The highest BCUT2D eigenvalue weighted by Crippen LogP contribution is 2.27. The molecule has 19 heavy (non-hydrogen) atoms. The van der Waals surface area contributed by atoms with Gasteiger partial charge in [0.2, 0.25) is 0 Å². The highest BCUT2D eigenvalue weighted by Gasteiger charge is 2.09. The minimum Gasteiger partial charge on any atom is -0.399 e. The predicted octanol–water partition coefficient (Wildman–Crippen LogP) is 3.35. The number of nitrogens with two attached hydrogens (primary N) is 1. The summed E-state index contributed by atoms with van der Waals surface area (Å²) in [6.07, 6.45) is 0.237. The number of Topliss-reactive ketones (excluding diaryl/α,β-unsaturated/α-hetero) is 1. The number of hydrogen-bond acceptors (Lipinski definition) is 2. The van der Waals surface area contributed by atoms with Crippen molar-refractivity contribution in [2.75, 3.05) is 5.73 Å². The van der Waals surface area contributed by atoms with Crippen LogP contribution in [-0.4, -0.2) is 5.78 Å². The minimum absolute atomic E-state index is 0.00359. The van der Waals surface area contributed by atoms with Crippen LogP contribution in [0.4, 0.5) is 14.5 Å². The third kappa shape index (κ3) is 3.16. The summed E-state index contributed by atoms with van der Waals surface area (Å²) in [5, 5.41) is 0. The summed E-state index contributed by atoms with van der Waals surface area (Å²) in [5.74, 6) is -1.29. The Morgan fingerprint density at radius 2 is 1.89 bits per heavy atom. The predicted molar refractivity (Wildman–Crippen MR) is 70.6 cm³/mol. The van der Waals surface area contributed by atoms with Gasteiger partial charge < -0.3 is 5.73 Å². The minimum atomic E-state index is -0.653. The second kappa shape index (κ2) is 5.18. The van der Waals surface area contributed by atoms with Crippen molar-refractivity contribution in [1.82, 2.24) is 0 Å². The van der Waals surface area contributed by atoms with Gasteiger partial charge in [0.05, 0.1) is 0 Å². The van der Waals surface area contributed by atoms with E-state index in [0.29, 0.717) is 16.8 Å². The normalized spacial score (nSPS) is 10.5. The number of carbonyl (C=O) groups is 1. The van der Waals surface area contributed by atoms with Gasteiger partial charge in [0, 0.05) is 23.7 Å². The van der Waals surface area contributed by atoms with E-state index in [1.54, 1.807) is 18.2 Å². The quantitative estimate of drug-likeness (QED) is 0.861. The lowest BCUT2D eigenvalue weighted by Crippen LogP contribution is -1.99. The smallest absolute Gasteiger partial charge is 0.134 e. The fourth-order valence-electron chi connectivity index (χ4n) is 1.99. The van der Waals surface area contributed by atoms with Crippen LogP contribution in [0.1, 0.15) is 12.5 Å². The van der Waals surface area contributed by atoms with Crippen molar-refractivity contribution < 1.29 is 13.6 Å². The first kappa shape index (κ1) is 13.2. The molecule has 0 bridgehead atoms. The zero-order chi connectivity index (χ0) is 14.0. The second-order valence-electron chi connectivity index (χ2n) is 4.47. The van der Waals surface area contributed by atoms with E-state index in [4.69, 9.17) is 5.73 Å². The van der Waals surface area contributed by atoms with Gasteiger partial charge in [-0.25, -0.2) is 8.78 Å². The van der Waals surface area contributed by atoms with Crippen molar-refractivity contribution in [3.63, 3.8) is 0 Å². The Kier molecular flexibility index (Phi) is 3.60. The average molecular weight is 261 g/mol. The van der Waals surface area contributed by atoms with Gasteiger partial charge in [-0.2, -0.15) is 0 Å². The fourth-order valence-corrected chi connectivity index (χ4v) is 1.99. The maximum atomic E-state index is 13.7. The van der Waals surface area contributed by atoms with Gasteiger partial charge in [0.15, 0.2) is 0 Å². The van der Waals surface area contributed by atoms with Crippen molar-refractivity contribution in [3.05, 3.63) is 53.6 Å². The Labute approximate surface area is 109 Å². The van der Waals surface area contributed by atoms with Crippen molar-refractivity contribution in [2.45, 2.75) is 13.3 Å². The van der Waals surface area contributed by atoms with E-state index < -0.39 is 11.6 Å². The Bertz CT molecular complexity index is 638. The van der Waals surface area contributed by atoms with E-state index >= 15 is 0 Å². The molecule has 0 aliphatic heterocycles. The first-order valence-corrected chi connectivity index (χ1v) is 5.80. The van der Waals surface area contributed by atoms with Crippen LogP contribution in [0.3, 0.4) is 0 Å². The molecule has 2 rings (SSSR count). The lowest BCUT2D eigenvalue weighted by Gasteiger charge is -2.08. The molecule has 0 aliphatic carbocycles. The third-order valence-electron chi connectivity index (χ3n) is 2.71. The molecule has 0 saturated heterocycles. The van der Waals surface area contributed by atoms with Crippen molar-refractivity contribution in [2.24, 2.45) is 0 Å². The average Bonchev–Trinajstić information content (AvgIpc) is 2.26. The van der Waals surface area contributed by atoms with Gasteiger partial charge in [-0.15, -0.1) is 0 Å². The summed E-state index contributed by atoms with van der Waals surface area (Å²) in [4.78, 5) is 11.1. The van der Waals surface area contributed by atoms with Gasteiger partial charge in [0.1, 0.15) is 17.4 Å². The Morgan fingerprint density at radius 1 is 1.16 bits per heavy atom. The van der Waals surface area contributed by atoms with Gasteiger partial charge in [0.25, 0.3) is 0 Å². The van der Waals surface area contributed by atoms with Crippen molar-refractivity contribution >= 4 is 11.5 Å². The Morgan fingerprint density at radius 3 is 2.53 bits per heavy atom. The summed E-state index contributed by atoms with van der Waals surface area (Å²) in [5.41, 5.74) is 7.70. The zero-order valence-corrected chi connectivity index (χ0v) is 10.4. The molecule has 2 aromatic rings. The first-order chi connectivity index (χ1) is 8.95. The topological polar surface area (TPSA) is 43.1 Å². The molecule has 0 aliphatic rings. The summed E-state index contributed by atoms with van der Waals surface area (Å²) < 4.78 is 26.6. The van der Waals surface area contributed by atoms with Crippen molar-refractivity contribution in [1.29, 1.82) is 0 Å². The number of carbonyl (C=O) groups excluding carboxylic acids is 1. The largest absolute Gasteiger partial charge is 0.399 e. The number of hydrogen-bond donors (Lipinski definition) is 1. The second-order valence-corrected chi connectivity index (χ2v) is 4.47. The fraction of sp³-hybridized carbons (Fsp3) is 0.133. The van der Waals surface area contributed by atoms with Crippen LogP contribution in [0.5, 0.6) is 0 Å². The molecule has 0 aromatic heterocycles. The first-order valence-electron chi connectivity index (χ1n) is 5.80. The number of rotatable bonds is 3. The molecule has 0 amide bonds. The van der Waals surface area contributed by atoms with Gasteiger partial charge in [-0.1, -0.05) is 6.07 Å². The van der Waals surface area contributed by atoms with Gasteiger partial charge >= 0.3 is 0 Å². The summed E-state index contributed by atoms with van der Waals surface area (Å²) in [6, 6.07) is 8.33. The van der Waals surface area contributed by atoms with Gasteiger partial charge in [-0.05, 0) is 42.3 Å². The third-order valence-corrected chi connectivity index (χ3v) is 2.71. The van der Waals surface area contributed by atoms with Crippen LogP contribution in [0.2, 0.25) is 0 Å². The maximum absolute atomic E-state index is 13.7. The van der Waals surface area contributed by atoms with Gasteiger partial charge in [-0.3, -0.25) is 4.79 Å². The Balaban J connectivity index is 2.49. The molecule has 2 nitrogen and oxygen atoms in total. The summed E-state index contributed by atoms with van der Waals surface area (Å²) >= 11 is 0. The Hall–Kier alpha value is -2.23. The van der Waals surface area contributed by atoms with E-state index in [1.807, 2.05) is 0 Å². The molecule has 4 heteroatoms. The molecular formula is C15H13F2NO. The summed E-state index contributed by atoms with van der Waals surface area (Å²) in [7, 11) is 0. The van der Waals surface area contributed by atoms with Crippen LogP contribution in [0.25, 0.3) is 11.1 Å². The number of halogens is 2. The highest BCUT2D eigenvalue weighted by molar-refractivity contribution is 5.79. The number of benzene rings is 2. The lowest BCUT2D eigenvalue weighted by molar-refractivity contribution is -0.116. The maximum Gasteiger partial charge on any atom is 0.134 e. The molecule has 0 atom stereocenters. The molecule has 0 fully saturated rings. The number of anilines is 1. The molecule has 0 saturated carbocycles. The van der Waals surface area contributed by atoms with Crippen LogP contribution in [0.15, 0.2) is 36.4 Å². The van der Waals surface area contributed by atoms with Crippen LogP contribution < -0.4 is 5.73 Å². The lowest BCUT2D eigenvalue weighted by atomic mass is 9.99. The molecule has 0 spiro atoms. The zero-order valence-electron chi connectivity index (χ0n) is 10.4. The molecule has 2 aromatic carbocycles. The monoisotopic (exact) mass is 261 g/mol. The molecule has 0 unspecified atom stereocenters. The van der Waals surface area contributed by atoms with Crippen LogP contribution in [0, 0.1) is 11.6 Å². The SMILES string of the molecule is CC(=O)Cc1cc(N)cc(-c2ccc(F)cc2F)c1. The van der Waals surface area contributed by atoms with Crippen LogP contribution >= 0.6 is 0 Å². The molecular weight excluding hydrogens is 248 g/mol.